The summed E-state index contributed by atoms with van der Waals surface area (Å²) in [4.78, 5) is 1.40. The van der Waals surface area contributed by atoms with Crippen molar-refractivity contribution in [2.75, 3.05) is 12.8 Å². The van der Waals surface area contributed by atoms with E-state index in [0.717, 1.165) is 17.8 Å². The molecule has 0 aromatic heterocycles. The largest absolute Gasteiger partial charge is 0.316 e. The minimum absolute atomic E-state index is 0.649. The lowest BCUT2D eigenvalue weighted by atomic mass is 9.73. The van der Waals surface area contributed by atoms with Crippen molar-refractivity contribution in [2.24, 2.45) is 17.8 Å². The molecular weight excluding hydrogens is 262 g/mol. The van der Waals surface area contributed by atoms with Crippen LogP contribution in [0.3, 0.4) is 0 Å². The van der Waals surface area contributed by atoms with Crippen LogP contribution in [0.1, 0.15) is 38.7 Å². The summed E-state index contributed by atoms with van der Waals surface area (Å²) in [6.07, 6.45) is 4.19. The summed E-state index contributed by atoms with van der Waals surface area (Å²) >= 11 is 1.99. The van der Waals surface area contributed by atoms with Crippen LogP contribution >= 0.6 is 11.8 Å². The molecule has 1 aliphatic carbocycles. The molecule has 2 rings (SSSR count). The van der Waals surface area contributed by atoms with E-state index >= 15 is 0 Å². The van der Waals surface area contributed by atoms with Crippen molar-refractivity contribution in [3.63, 3.8) is 0 Å². The Hall–Kier alpha value is -0.470. The Morgan fingerprint density at radius 1 is 1.15 bits per heavy atom. The lowest BCUT2D eigenvalue weighted by molar-refractivity contribution is 0.181. The minimum Gasteiger partial charge on any atom is -0.316 e. The molecule has 112 valence electrons. The van der Waals surface area contributed by atoms with Crippen LogP contribution in [0, 0.1) is 24.7 Å². The maximum atomic E-state index is 3.57. The van der Waals surface area contributed by atoms with Crippen molar-refractivity contribution in [3.8, 4) is 0 Å². The third kappa shape index (κ3) is 4.26. The van der Waals surface area contributed by atoms with Gasteiger partial charge in [0.1, 0.15) is 0 Å². The predicted molar refractivity (Wildman–Crippen MR) is 90.4 cm³/mol. The van der Waals surface area contributed by atoms with Gasteiger partial charge in [-0.25, -0.2) is 0 Å². The van der Waals surface area contributed by atoms with Crippen LogP contribution in [-0.4, -0.2) is 18.8 Å². The van der Waals surface area contributed by atoms with E-state index in [1.54, 1.807) is 0 Å². The van der Waals surface area contributed by atoms with Crippen LogP contribution in [0.5, 0.6) is 0 Å². The van der Waals surface area contributed by atoms with E-state index in [4.69, 9.17) is 0 Å². The normalized spacial score (nSPS) is 28.3. The Morgan fingerprint density at radius 3 is 2.45 bits per heavy atom. The number of benzene rings is 1. The fraction of sp³-hybridized carbons (Fsp3) is 0.667. The molecule has 20 heavy (non-hydrogen) atoms. The van der Waals surface area contributed by atoms with E-state index in [0.29, 0.717) is 6.04 Å². The first-order valence-corrected chi connectivity index (χ1v) is 8.95. The lowest BCUT2D eigenvalue weighted by Crippen LogP contribution is -2.39. The Balaban J connectivity index is 1.87. The highest BCUT2D eigenvalue weighted by molar-refractivity contribution is 7.99. The van der Waals surface area contributed by atoms with Crippen molar-refractivity contribution in [1.82, 2.24) is 5.32 Å². The second-order valence-electron chi connectivity index (χ2n) is 6.55. The van der Waals surface area contributed by atoms with Crippen molar-refractivity contribution in [3.05, 3.63) is 29.8 Å². The zero-order valence-electron chi connectivity index (χ0n) is 13.4. The topological polar surface area (TPSA) is 12.0 Å². The number of hydrogen-bond donors (Lipinski definition) is 1. The SMILES string of the molecule is CNC(CSc1ccc(C)cc1)C1CCC(C)C(C)C1. The van der Waals surface area contributed by atoms with Crippen molar-refractivity contribution in [2.45, 2.75) is 51.0 Å². The fourth-order valence-electron chi connectivity index (χ4n) is 3.23. The summed E-state index contributed by atoms with van der Waals surface area (Å²) in [6, 6.07) is 9.56. The Morgan fingerprint density at radius 2 is 1.85 bits per heavy atom. The van der Waals surface area contributed by atoms with Gasteiger partial charge in [-0.05, 0) is 56.7 Å². The highest BCUT2D eigenvalue weighted by Crippen LogP contribution is 2.36. The average Bonchev–Trinajstić information content (AvgIpc) is 2.45. The van der Waals surface area contributed by atoms with E-state index in [2.05, 4.69) is 57.4 Å². The fourth-order valence-corrected chi connectivity index (χ4v) is 4.37. The number of hydrogen-bond acceptors (Lipinski definition) is 2. The summed E-state index contributed by atoms with van der Waals surface area (Å²) in [7, 11) is 2.13. The molecule has 1 N–H and O–H groups in total. The van der Waals surface area contributed by atoms with Crippen molar-refractivity contribution >= 4 is 11.8 Å². The molecule has 0 bridgehead atoms. The molecule has 0 saturated heterocycles. The van der Waals surface area contributed by atoms with E-state index in [-0.39, 0.29) is 0 Å². The molecule has 2 heteroatoms. The summed E-state index contributed by atoms with van der Waals surface area (Å²) in [5.74, 6) is 3.83. The van der Waals surface area contributed by atoms with Gasteiger partial charge in [0.2, 0.25) is 0 Å². The van der Waals surface area contributed by atoms with Crippen molar-refractivity contribution in [1.29, 1.82) is 0 Å². The molecule has 1 saturated carbocycles. The van der Waals surface area contributed by atoms with Crippen LogP contribution in [0.4, 0.5) is 0 Å². The standard InChI is InChI=1S/C18H29NS/c1-13-5-9-17(10-6-13)20-12-18(19-4)16-8-7-14(2)15(3)11-16/h5-6,9-10,14-16,18-19H,7-8,11-12H2,1-4H3. The quantitative estimate of drug-likeness (QED) is 0.786. The molecule has 0 amide bonds. The molecule has 0 aliphatic heterocycles. The Labute approximate surface area is 128 Å². The summed E-state index contributed by atoms with van der Waals surface area (Å²) in [6.45, 7) is 6.99. The first-order valence-electron chi connectivity index (χ1n) is 7.97. The first-order chi connectivity index (χ1) is 9.60. The number of aryl methyl sites for hydroxylation is 1. The van der Waals surface area contributed by atoms with Gasteiger partial charge in [0, 0.05) is 16.7 Å². The zero-order valence-corrected chi connectivity index (χ0v) is 14.2. The molecule has 1 nitrogen and oxygen atoms in total. The molecule has 4 atom stereocenters. The smallest absolute Gasteiger partial charge is 0.0187 e. The van der Waals surface area contributed by atoms with Crippen molar-refractivity contribution < 1.29 is 0 Å². The molecule has 1 aromatic rings. The molecule has 1 fully saturated rings. The van der Waals surface area contributed by atoms with E-state index in [1.165, 1.54) is 35.5 Å². The maximum absolute atomic E-state index is 3.57. The van der Waals surface area contributed by atoms with E-state index in [9.17, 15) is 0 Å². The minimum atomic E-state index is 0.649. The molecule has 0 spiro atoms. The van der Waals surface area contributed by atoms with Crippen LogP contribution in [0.25, 0.3) is 0 Å². The van der Waals surface area contributed by atoms with Gasteiger partial charge in [-0.3, -0.25) is 0 Å². The van der Waals surface area contributed by atoms with Gasteiger partial charge in [-0.2, -0.15) is 0 Å². The second kappa shape index (κ2) is 7.51. The Kier molecular flexibility index (Phi) is 5.98. The predicted octanol–water partition coefficient (Wildman–Crippen LogP) is 4.75. The average molecular weight is 292 g/mol. The maximum Gasteiger partial charge on any atom is 0.0187 e. The first kappa shape index (κ1) is 15.9. The van der Waals surface area contributed by atoms with Gasteiger partial charge >= 0.3 is 0 Å². The third-order valence-corrected chi connectivity index (χ3v) is 6.16. The highest BCUT2D eigenvalue weighted by Gasteiger charge is 2.29. The lowest BCUT2D eigenvalue weighted by Gasteiger charge is -2.36. The Bertz CT molecular complexity index is 400. The molecular formula is C18H29NS. The van der Waals surface area contributed by atoms with Gasteiger partial charge < -0.3 is 5.32 Å². The van der Waals surface area contributed by atoms with Crippen LogP contribution in [0.2, 0.25) is 0 Å². The van der Waals surface area contributed by atoms with Crippen LogP contribution in [0.15, 0.2) is 29.2 Å². The van der Waals surface area contributed by atoms with Gasteiger partial charge in [-0.1, -0.05) is 38.0 Å². The van der Waals surface area contributed by atoms with Gasteiger partial charge in [0.15, 0.2) is 0 Å². The number of nitrogens with one attached hydrogen (secondary N) is 1. The molecule has 0 radical (unpaired) electrons. The van der Waals surface area contributed by atoms with Gasteiger partial charge in [0.05, 0.1) is 0 Å². The van der Waals surface area contributed by atoms with E-state index in [1.807, 2.05) is 11.8 Å². The van der Waals surface area contributed by atoms with Gasteiger partial charge in [-0.15, -0.1) is 11.8 Å². The van der Waals surface area contributed by atoms with Crippen LogP contribution in [-0.2, 0) is 0 Å². The molecule has 4 unspecified atom stereocenters. The summed E-state index contributed by atoms with van der Waals surface area (Å²) < 4.78 is 0. The summed E-state index contributed by atoms with van der Waals surface area (Å²) in [5.41, 5.74) is 1.34. The monoisotopic (exact) mass is 291 g/mol. The number of thioether (sulfide) groups is 1. The van der Waals surface area contributed by atoms with Gasteiger partial charge in [0.25, 0.3) is 0 Å². The van der Waals surface area contributed by atoms with Crippen LogP contribution < -0.4 is 5.32 Å². The molecule has 1 aromatic carbocycles. The number of rotatable bonds is 5. The zero-order chi connectivity index (χ0) is 14.5. The summed E-state index contributed by atoms with van der Waals surface area (Å²) in [5, 5.41) is 3.57. The van der Waals surface area contributed by atoms with E-state index < -0.39 is 0 Å². The highest BCUT2D eigenvalue weighted by atomic mass is 32.2. The second-order valence-corrected chi connectivity index (χ2v) is 7.64. The molecule has 1 aliphatic rings. The third-order valence-electron chi connectivity index (χ3n) is 5.03. The molecule has 0 heterocycles.